The number of hydrogen-bond donors (Lipinski definition) is 1. The van der Waals surface area contributed by atoms with Gasteiger partial charge in [0, 0.05) is 12.1 Å². The summed E-state index contributed by atoms with van der Waals surface area (Å²) in [7, 11) is 0. The number of anilines is 1. The lowest BCUT2D eigenvalue weighted by Gasteiger charge is -2.12. The minimum absolute atomic E-state index is 0.0116. The second-order valence-electron chi connectivity index (χ2n) is 5.43. The number of aromatic nitrogens is 2. The number of nitrogens with zero attached hydrogens (tertiary/aromatic N) is 2. The van der Waals surface area contributed by atoms with Crippen LogP contribution in [-0.2, 0) is 11.0 Å². The third-order valence-electron chi connectivity index (χ3n) is 3.49. The fraction of sp³-hybridized carbons (Fsp3) is 0.333. The molecule has 1 N–H and O–H groups in total. The molecule has 0 spiro atoms. The first-order valence-corrected chi connectivity index (χ1v) is 6.89. The number of aryl methyl sites for hydroxylation is 1. The Balaban J connectivity index is 1.96. The quantitative estimate of drug-likeness (QED) is 0.942. The Labute approximate surface area is 124 Å². The van der Waals surface area contributed by atoms with Gasteiger partial charge in [0.1, 0.15) is 0 Å². The van der Waals surface area contributed by atoms with Gasteiger partial charge in [-0.2, -0.15) is 18.3 Å². The molecule has 3 rings (SSSR count). The molecule has 1 heterocycles. The molecule has 4 nitrogen and oxygen atoms in total. The van der Waals surface area contributed by atoms with Crippen molar-refractivity contribution in [2.24, 2.45) is 5.92 Å². The Hall–Kier alpha value is -2.31. The Morgan fingerprint density at radius 1 is 1.32 bits per heavy atom. The van der Waals surface area contributed by atoms with Crippen LogP contribution >= 0.6 is 0 Å². The standard InChI is InChI=1S/C15H14F3N3O/c1-9-2-5-11(19-14(22)10-3-4-10)12(8-9)21-7-6-13(20-21)15(16,17)18/h2,5-8,10H,3-4H2,1H3,(H,19,22). The molecule has 0 bridgehead atoms. The lowest BCUT2D eigenvalue weighted by Crippen LogP contribution is -2.15. The Morgan fingerprint density at radius 3 is 2.64 bits per heavy atom. The monoisotopic (exact) mass is 309 g/mol. The van der Waals surface area contributed by atoms with Crippen molar-refractivity contribution in [3.05, 3.63) is 41.7 Å². The molecule has 1 aromatic carbocycles. The molecule has 0 atom stereocenters. The number of rotatable bonds is 3. The van der Waals surface area contributed by atoms with Gasteiger partial charge in [-0.25, -0.2) is 4.68 Å². The van der Waals surface area contributed by atoms with Crippen molar-refractivity contribution >= 4 is 11.6 Å². The van der Waals surface area contributed by atoms with Crippen molar-refractivity contribution in [2.75, 3.05) is 5.32 Å². The molecule has 1 saturated carbocycles. The van der Waals surface area contributed by atoms with Crippen LogP contribution in [0.4, 0.5) is 18.9 Å². The third kappa shape index (κ3) is 2.98. The average Bonchev–Trinajstić information content (AvgIpc) is 3.16. The second kappa shape index (κ2) is 5.15. The number of amides is 1. The fourth-order valence-electron chi connectivity index (χ4n) is 2.13. The highest BCUT2D eigenvalue weighted by Gasteiger charge is 2.34. The topological polar surface area (TPSA) is 46.9 Å². The smallest absolute Gasteiger partial charge is 0.324 e. The number of halogens is 3. The van der Waals surface area contributed by atoms with Crippen molar-refractivity contribution in [3.63, 3.8) is 0 Å². The van der Waals surface area contributed by atoms with Crippen molar-refractivity contribution < 1.29 is 18.0 Å². The molecule has 1 amide bonds. The Kier molecular flexibility index (Phi) is 3.42. The summed E-state index contributed by atoms with van der Waals surface area (Å²) in [6.07, 6.45) is -1.54. The van der Waals surface area contributed by atoms with Crippen molar-refractivity contribution in [3.8, 4) is 5.69 Å². The maximum Gasteiger partial charge on any atom is 0.435 e. The van der Waals surface area contributed by atoms with E-state index in [0.717, 1.165) is 29.2 Å². The molecular formula is C15H14F3N3O. The summed E-state index contributed by atoms with van der Waals surface area (Å²) >= 11 is 0. The summed E-state index contributed by atoms with van der Waals surface area (Å²) < 4.78 is 39.2. The van der Waals surface area contributed by atoms with Crippen LogP contribution in [0.3, 0.4) is 0 Å². The third-order valence-corrected chi connectivity index (χ3v) is 3.49. The minimum Gasteiger partial charge on any atom is -0.324 e. The van der Waals surface area contributed by atoms with E-state index in [1.54, 1.807) is 18.2 Å². The van der Waals surface area contributed by atoms with E-state index in [-0.39, 0.29) is 11.8 Å². The summed E-state index contributed by atoms with van der Waals surface area (Å²) in [5.41, 5.74) is 0.778. The van der Waals surface area contributed by atoms with E-state index >= 15 is 0 Å². The molecule has 0 aliphatic heterocycles. The largest absolute Gasteiger partial charge is 0.435 e. The summed E-state index contributed by atoms with van der Waals surface area (Å²) in [6.45, 7) is 1.82. The summed E-state index contributed by atoms with van der Waals surface area (Å²) in [4.78, 5) is 11.9. The zero-order chi connectivity index (χ0) is 15.9. The van der Waals surface area contributed by atoms with Gasteiger partial charge in [0.05, 0.1) is 11.4 Å². The first-order valence-electron chi connectivity index (χ1n) is 6.89. The van der Waals surface area contributed by atoms with E-state index in [9.17, 15) is 18.0 Å². The molecule has 116 valence electrons. The summed E-state index contributed by atoms with van der Waals surface area (Å²) in [5, 5.41) is 6.33. The molecule has 0 unspecified atom stereocenters. The SMILES string of the molecule is Cc1ccc(NC(=O)C2CC2)c(-n2ccc(C(F)(F)F)n2)c1. The zero-order valence-electron chi connectivity index (χ0n) is 11.8. The van der Waals surface area contributed by atoms with E-state index in [1.165, 1.54) is 6.20 Å². The van der Waals surface area contributed by atoms with Crippen molar-refractivity contribution in [1.29, 1.82) is 0 Å². The molecule has 0 saturated heterocycles. The molecule has 0 radical (unpaired) electrons. The van der Waals surface area contributed by atoms with Crippen LogP contribution in [-0.4, -0.2) is 15.7 Å². The van der Waals surface area contributed by atoms with Crippen molar-refractivity contribution in [1.82, 2.24) is 9.78 Å². The molecule has 1 fully saturated rings. The van der Waals surface area contributed by atoms with E-state index in [1.807, 2.05) is 6.92 Å². The fourth-order valence-corrected chi connectivity index (χ4v) is 2.13. The van der Waals surface area contributed by atoms with Crippen LogP contribution < -0.4 is 5.32 Å². The van der Waals surface area contributed by atoms with E-state index in [4.69, 9.17) is 0 Å². The highest BCUT2D eigenvalue weighted by atomic mass is 19.4. The van der Waals surface area contributed by atoms with Gasteiger partial charge in [-0.1, -0.05) is 6.07 Å². The first-order chi connectivity index (χ1) is 10.3. The van der Waals surface area contributed by atoms with Gasteiger partial charge in [-0.15, -0.1) is 0 Å². The highest BCUT2D eigenvalue weighted by molar-refractivity contribution is 5.95. The minimum atomic E-state index is -4.49. The van der Waals surface area contributed by atoms with Gasteiger partial charge in [-0.05, 0) is 43.5 Å². The summed E-state index contributed by atoms with van der Waals surface area (Å²) in [6, 6.07) is 6.07. The first kappa shape index (κ1) is 14.6. The summed E-state index contributed by atoms with van der Waals surface area (Å²) in [5.74, 6) is -0.0918. The van der Waals surface area contributed by atoms with E-state index in [0.29, 0.717) is 11.4 Å². The number of nitrogens with one attached hydrogen (secondary N) is 1. The molecule has 2 aromatic rings. The van der Waals surface area contributed by atoms with Gasteiger partial charge in [-0.3, -0.25) is 4.79 Å². The number of alkyl halides is 3. The number of carbonyl (C=O) groups excluding carboxylic acids is 1. The van der Waals surface area contributed by atoms with Crippen LogP contribution in [0.5, 0.6) is 0 Å². The predicted molar refractivity (Wildman–Crippen MR) is 74.7 cm³/mol. The molecule has 1 aliphatic rings. The second-order valence-corrected chi connectivity index (χ2v) is 5.43. The average molecular weight is 309 g/mol. The van der Waals surface area contributed by atoms with Gasteiger partial charge in [0.2, 0.25) is 5.91 Å². The highest BCUT2D eigenvalue weighted by Crippen LogP contribution is 2.32. The van der Waals surface area contributed by atoms with E-state index < -0.39 is 11.9 Å². The van der Waals surface area contributed by atoms with Crippen LogP contribution in [0.15, 0.2) is 30.5 Å². The predicted octanol–water partition coefficient (Wildman–Crippen LogP) is 3.55. The maximum atomic E-state index is 12.7. The molecule has 22 heavy (non-hydrogen) atoms. The van der Waals surface area contributed by atoms with Crippen LogP contribution in [0, 0.1) is 12.8 Å². The van der Waals surface area contributed by atoms with Gasteiger partial charge < -0.3 is 5.32 Å². The lowest BCUT2D eigenvalue weighted by molar-refractivity contribution is -0.141. The Morgan fingerprint density at radius 2 is 2.05 bits per heavy atom. The molecular weight excluding hydrogens is 295 g/mol. The van der Waals surface area contributed by atoms with Crippen LogP contribution in [0.1, 0.15) is 24.1 Å². The van der Waals surface area contributed by atoms with Gasteiger partial charge >= 0.3 is 6.18 Å². The Bertz CT molecular complexity index is 717. The number of hydrogen-bond acceptors (Lipinski definition) is 2. The number of benzene rings is 1. The number of carbonyl (C=O) groups is 1. The lowest BCUT2D eigenvalue weighted by atomic mass is 10.2. The van der Waals surface area contributed by atoms with Crippen molar-refractivity contribution in [2.45, 2.75) is 25.9 Å². The van der Waals surface area contributed by atoms with E-state index in [2.05, 4.69) is 10.4 Å². The molecule has 1 aliphatic carbocycles. The molecule has 7 heteroatoms. The zero-order valence-corrected chi connectivity index (χ0v) is 11.8. The van der Waals surface area contributed by atoms with Gasteiger partial charge in [0.15, 0.2) is 5.69 Å². The van der Waals surface area contributed by atoms with Gasteiger partial charge in [0.25, 0.3) is 0 Å². The van der Waals surface area contributed by atoms with Crippen LogP contribution in [0.25, 0.3) is 5.69 Å². The molecule has 1 aromatic heterocycles. The normalized spacial score (nSPS) is 14.9. The van der Waals surface area contributed by atoms with Crippen LogP contribution in [0.2, 0.25) is 0 Å². The maximum absolute atomic E-state index is 12.7.